The number of hydrogen-bond acceptors (Lipinski definition) is 2. The van der Waals surface area contributed by atoms with Crippen LogP contribution < -0.4 is 5.73 Å². The van der Waals surface area contributed by atoms with E-state index in [0.717, 1.165) is 12.3 Å². The maximum Gasteiger partial charge on any atom is 0.115 e. The van der Waals surface area contributed by atoms with Crippen LogP contribution in [0.1, 0.15) is 31.2 Å². The Morgan fingerprint density at radius 2 is 1.93 bits per heavy atom. The Labute approximate surface area is 90.1 Å². The zero-order chi connectivity index (χ0) is 10.5. The maximum absolute atomic E-state index is 9.27. The molecule has 2 aliphatic rings. The van der Waals surface area contributed by atoms with E-state index in [2.05, 4.69) is 0 Å². The van der Waals surface area contributed by atoms with E-state index in [1.165, 1.54) is 24.8 Å². The molecule has 15 heavy (non-hydrogen) atoms. The molecule has 0 aromatic heterocycles. The molecule has 3 N–H and O–H groups in total. The monoisotopic (exact) mass is 203 g/mol. The summed E-state index contributed by atoms with van der Waals surface area (Å²) in [5.41, 5.74) is 7.62. The molecule has 2 bridgehead atoms. The van der Waals surface area contributed by atoms with Crippen LogP contribution in [0.25, 0.3) is 0 Å². The average Bonchev–Trinajstić information content (AvgIpc) is 2.78. The van der Waals surface area contributed by atoms with E-state index >= 15 is 0 Å². The van der Waals surface area contributed by atoms with Gasteiger partial charge in [0.2, 0.25) is 0 Å². The van der Waals surface area contributed by atoms with Gasteiger partial charge in [-0.3, -0.25) is 0 Å². The lowest BCUT2D eigenvalue weighted by Crippen LogP contribution is -2.41. The maximum atomic E-state index is 9.27. The molecule has 0 saturated heterocycles. The van der Waals surface area contributed by atoms with E-state index in [4.69, 9.17) is 5.73 Å². The molecule has 80 valence electrons. The second-order valence-electron chi connectivity index (χ2n) is 5.17. The summed E-state index contributed by atoms with van der Waals surface area (Å²) in [6, 6.07) is 7.46. The van der Waals surface area contributed by atoms with Crippen molar-refractivity contribution in [2.24, 2.45) is 17.6 Å². The van der Waals surface area contributed by atoms with Gasteiger partial charge in [-0.2, -0.15) is 0 Å². The van der Waals surface area contributed by atoms with Gasteiger partial charge in [-0.25, -0.2) is 0 Å². The molecule has 2 aliphatic carbocycles. The predicted octanol–water partition coefficient (Wildman–Crippen LogP) is 2.37. The van der Waals surface area contributed by atoms with Crippen LogP contribution in [0.5, 0.6) is 5.75 Å². The fourth-order valence-electron chi connectivity index (χ4n) is 3.50. The van der Waals surface area contributed by atoms with Crippen LogP contribution in [-0.4, -0.2) is 5.11 Å². The lowest BCUT2D eigenvalue weighted by atomic mass is 9.77. The minimum atomic E-state index is -0.114. The molecule has 0 radical (unpaired) electrons. The van der Waals surface area contributed by atoms with E-state index in [1.807, 2.05) is 12.1 Å². The highest BCUT2D eigenvalue weighted by Crippen LogP contribution is 2.54. The molecule has 0 unspecified atom stereocenters. The van der Waals surface area contributed by atoms with Crippen molar-refractivity contribution in [1.82, 2.24) is 0 Å². The Morgan fingerprint density at radius 3 is 2.47 bits per heavy atom. The topological polar surface area (TPSA) is 46.2 Å². The molecule has 0 spiro atoms. The van der Waals surface area contributed by atoms with Gasteiger partial charge in [0.25, 0.3) is 0 Å². The van der Waals surface area contributed by atoms with E-state index in [-0.39, 0.29) is 5.54 Å². The standard InChI is InChI=1S/C13H17NO/c14-13(8-9-1-2-11(13)7-9)10-3-5-12(15)6-4-10/h3-6,9,11,15H,1-2,7-8,14H2/t9-,11+,13-/m1/s1. The van der Waals surface area contributed by atoms with E-state index in [9.17, 15) is 5.11 Å². The van der Waals surface area contributed by atoms with Crippen LogP contribution >= 0.6 is 0 Å². The van der Waals surface area contributed by atoms with Crippen molar-refractivity contribution in [3.63, 3.8) is 0 Å². The van der Waals surface area contributed by atoms with Crippen LogP contribution in [0.4, 0.5) is 0 Å². The fraction of sp³-hybridized carbons (Fsp3) is 0.538. The van der Waals surface area contributed by atoms with Gasteiger partial charge in [0.1, 0.15) is 5.75 Å². The Hall–Kier alpha value is -1.02. The molecule has 2 saturated carbocycles. The van der Waals surface area contributed by atoms with Crippen molar-refractivity contribution in [3.8, 4) is 5.75 Å². The highest BCUT2D eigenvalue weighted by atomic mass is 16.3. The zero-order valence-corrected chi connectivity index (χ0v) is 8.82. The third kappa shape index (κ3) is 1.28. The lowest BCUT2D eigenvalue weighted by molar-refractivity contribution is 0.276. The van der Waals surface area contributed by atoms with Gasteiger partial charge >= 0.3 is 0 Å². The first-order valence-corrected chi connectivity index (χ1v) is 5.77. The first-order chi connectivity index (χ1) is 7.18. The van der Waals surface area contributed by atoms with Gasteiger partial charge in [0.05, 0.1) is 0 Å². The van der Waals surface area contributed by atoms with Crippen LogP contribution in [-0.2, 0) is 5.54 Å². The summed E-state index contributed by atoms with van der Waals surface area (Å²) in [7, 11) is 0. The van der Waals surface area contributed by atoms with E-state index in [0.29, 0.717) is 11.7 Å². The molecule has 0 aliphatic heterocycles. The summed E-state index contributed by atoms with van der Waals surface area (Å²) in [4.78, 5) is 0. The molecule has 1 aromatic rings. The van der Waals surface area contributed by atoms with E-state index < -0.39 is 0 Å². The molecule has 0 amide bonds. The van der Waals surface area contributed by atoms with Crippen molar-refractivity contribution in [1.29, 1.82) is 0 Å². The fourth-order valence-corrected chi connectivity index (χ4v) is 3.50. The minimum absolute atomic E-state index is 0.114. The SMILES string of the molecule is N[C@@]1(c2ccc(O)cc2)C[C@@H]2CC[C@H]1C2. The number of rotatable bonds is 1. The van der Waals surface area contributed by atoms with Crippen LogP contribution in [0.15, 0.2) is 24.3 Å². The largest absolute Gasteiger partial charge is 0.508 e. The number of benzene rings is 1. The second-order valence-corrected chi connectivity index (χ2v) is 5.17. The van der Waals surface area contributed by atoms with Crippen LogP contribution in [0.3, 0.4) is 0 Å². The zero-order valence-electron chi connectivity index (χ0n) is 8.82. The van der Waals surface area contributed by atoms with Gasteiger partial charge in [-0.05, 0) is 48.8 Å². The Bertz CT molecular complexity index is 373. The molecule has 3 atom stereocenters. The summed E-state index contributed by atoms with van der Waals surface area (Å²) in [5, 5.41) is 9.27. The van der Waals surface area contributed by atoms with Gasteiger partial charge in [-0.15, -0.1) is 0 Å². The van der Waals surface area contributed by atoms with Crippen molar-refractivity contribution >= 4 is 0 Å². The Balaban J connectivity index is 1.96. The van der Waals surface area contributed by atoms with Gasteiger partial charge in [0, 0.05) is 5.54 Å². The van der Waals surface area contributed by atoms with Crippen molar-refractivity contribution in [3.05, 3.63) is 29.8 Å². The van der Waals surface area contributed by atoms with Crippen molar-refractivity contribution in [2.45, 2.75) is 31.2 Å². The van der Waals surface area contributed by atoms with Gasteiger partial charge < -0.3 is 10.8 Å². The van der Waals surface area contributed by atoms with E-state index in [1.54, 1.807) is 12.1 Å². The average molecular weight is 203 g/mol. The first-order valence-electron chi connectivity index (χ1n) is 5.77. The normalized spacial score (nSPS) is 38.5. The highest BCUT2D eigenvalue weighted by Gasteiger charge is 2.49. The molecular weight excluding hydrogens is 186 g/mol. The summed E-state index contributed by atoms with van der Waals surface area (Å²) < 4.78 is 0. The number of nitrogens with two attached hydrogens (primary N) is 1. The Morgan fingerprint density at radius 1 is 1.20 bits per heavy atom. The molecule has 2 fully saturated rings. The smallest absolute Gasteiger partial charge is 0.115 e. The number of phenolic OH excluding ortho intramolecular Hbond substituents is 1. The molecule has 0 heterocycles. The lowest BCUT2D eigenvalue weighted by Gasteiger charge is -2.34. The summed E-state index contributed by atoms with van der Waals surface area (Å²) in [5.74, 6) is 1.83. The van der Waals surface area contributed by atoms with Crippen LogP contribution in [0, 0.1) is 11.8 Å². The summed E-state index contributed by atoms with van der Waals surface area (Å²) in [6.45, 7) is 0. The first kappa shape index (κ1) is 9.22. The van der Waals surface area contributed by atoms with Gasteiger partial charge in [-0.1, -0.05) is 18.6 Å². The third-order valence-corrected chi connectivity index (χ3v) is 4.30. The third-order valence-electron chi connectivity index (χ3n) is 4.30. The molecule has 2 nitrogen and oxygen atoms in total. The number of hydrogen-bond donors (Lipinski definition) is 2. The summed E-state index contributed by atoms with van der Waals surface area (Å²) in [6.07, 6.45) is 5.07. The summed E-state index contributed by atoms with van der Waals surface area (Å²) >= 11 is 0. The van der Waals surface area contributed by atoms with Crippen molar-refractivity contribution < 1.29 is 5.11 Å². The highest BCUT2D eigenvalue weighted by molar-refractivity contribution is 5.33. The Kier molecular flexibility index (Phi) is 1.84. The number of phenols is 1. The minimum Gasteiger partial charge on any atom is -0.508 e. The molecule has 3 rings (SSSR count). The number of aromatic hydroxyl groups is 1. The molecule has 2 heteroatoms. The molecule has 1 aromatic carbocycles. The predicted molar refractivity (Wildman–Crippen MR) is 59.4 cm³/mol. The second kappa shape index (κ2) is 2.99. The molecular formula is C13H17NO. The van der Waals surface area contributed by atoms with Crippen LogP contribution in [0.2, 0.25) is 0 Å². The van der Waals surface area contributed by atoms with Gasteiger partial charge in [0.15, 0.2) is 0 Å². The quantitative estimate of drug-likeness (QED) is 0.736. The number of fused-ring (bicyclic) bond motifs is 2. The van der Waals surface area contributed by atoms with Crippen molar-refractivity contribution in [2.75, 3.05) is 0 Å².